The van der Waals surface area contributed by atoms with Crippen LogP contribution in [0.25, 0.3) is 0 Å². The maximum Gasteiger partial charge on any atom is 0.305 e. The highest BCUT2D eigenvalue weighted by atomic mass is 32.2. The normalized spacial score (nSPS) is 13.5. The fourth-order valence-corrected chi connectivity index (χ4v) is 3.81. The molecular formula is C19H22N2O6S. The number of carbonyl (C=O) groups excluding carboxylic acids is 1. The van der Waals surface area contributed by atoms with Crippen molar-refractivity contribution in [2.75, 3.05) is 7.11 Å². The first-order chi connectivity index (χ1) is 13.2. The lowest BCUT2D eigenvalue weighted by Gasteiger charge is -2.21. The van der Waals surface area contributed by atoms with Crippen molar-refractivity contribution in [3.63, 3.8) is 0 Å². The van der Waals surface area contributed by atoms with Crippen molar-refractivity contribution in [3.05, 3.63) is 60.2 Å². The molecule has 2 atom stereocenters. The van der Waals surface area contributed by atoms with Gasteiger partial charge in [0.15, 0.2) is 5.78 Å². The minimum absolute atomic E-state index is 0.0440. The third-order valence-electron chi connectivity index (χ3n) is 4.05. The molecule has 8 nitrogen and oxygen atoms in total. The van der Waals surface area contributed by atoms with Gasteiger partial charge in [0.05, 0.1) is 30.5 Å². The number of aliphatic carboxylic acids is 1. The third-order valence-corrected chi connectivity index (χ3v) is 5.54. The molecular weight excluding hydrogens is 384 g/mol. The standard InChI is InChI=1S/C19H22N2O6S/c1-27-14-7-9-15(10-8-14)28(25,26)21-17(11-13-5-3-2-4-6-13)19(24)16(20)12-18(22)23/h2-10,16-17,21H,11-12,20H2,1H3,(H,22,23)/t16-,17?/m0/s1. The van der Waals surface area contributed by atoms with Gasteiger partial charge in [0.1, 0.15) is 5.75 Å². The van der Waals surface area contributed by atoms with E-state index in [9.17, 15) is 18.0 Å². The molecule has 1 unspecified atom stereocenters. The molecule has 0 fully saturated rings. The maximum absolute atomic E-state index is 12.7. The smallest absolute Gasteiger partial charge is 0.305 e. The van der Waals surface area contributed by atoms with Crippen LogP contribution in [0.2, 0.25) is 0 Å². The summed E-state index contributed by atoms with van der Waals surface area (Å²) in [6, 6.07) is 11.9. The predicted molar refractivity (Wildman–Crippen MR) is 102 cm³/mol. The van der Waals surface area contributed by atoms with E-state index in [0.29, 0.717) is 11.3 Å². The summed E-state index contributed by atoms with van der Waals surface area (Å²) >= 11 is 0. The number of carbonyl (C=O) groups is 2. The lowest BCUT2D eigenvalue weighted by Crippen LogP contribution is -2.49. The number of nitrogens with two attached hydrogens (primary N) is 1. The number of ketones is 1. The van der Waals surface area contributed by atoms with Crippen LogP contribution in [0.15, 0.2) is 59.5 Å². The number of carboxylic acid groups (broad SMARTS) is 1. The highest BCUT2D eigenvalue weighted by molar-refractivity contribution is 7.89. The molecule has 0 aliphatic carbocycles. The van der Waals surface area contributed by atoms with Crippen molar-refractivity contribution in [2.24, 2.45) is 5.73 Å². The Morgan fingerprint density at radius 3 is 2.25 bits per heavy atom. The van der Waals surface area contributed by atoms with Gasteiger partial charge in [-0.15, -0.1) is 0 Å². The van der Waals surface area contributed by atoms with Gasteiger partial charge in [-0.1, -0.05) is 30.3 Å². The van der Waals surface area contributed by atoms with Crippen LogP contribution in [0.3, 0.4) is 0 Å². The summed E-state index contributed by atoms with van der Waals surface area (Å²) < 4.78 is 32.8. The number of nitrogens with one attached hydrogen (secondary N) is 1. The summed E-state index contributed by atoms with van der Waals surface area (Å²) in [5.74, 6) is -1.44. The molecule has 4 N–H and O–H groups in total. The first kappa shape index (κ1) is 21.5. The predicted octanol–water partition coefficient (Wildman–Crippen LogP) is 0.956. The quantitative estimate of drug-likeness (QED) is 0.534. The lowest BCUT2D eigenvalue weighted by molar-refractivity contribution is -0.139. The lowest BCUT2D eigenvalue weighted by atomic mass is 9.97. The average molecular weight is 406 g/mol. The summed E-state index contributed by atoms with van der Waals surface area (Å²) in [4.78, 5) is 23.5. The number of sulfonamides is 1. The van der Waals surface area contributed by atoms with Gasteiger partial charge in [-0.05, 0) is 36.2 Å². The van der Waals surface area contributed by atoms with Crippen LogP contribution in [-0.2, 0) is 26.0 Å². The minimum Gasteiger partial charge on any atom is -0.497 e. The Bertz CT molecular complexity index is 913. The van der Waals surface area contributed by atoms with E-state index in [1.165, 1.54) is 31.4 Å². The molecule has 9 heteroatoms. The van der Waals surface area contributed by atoms with Crippen molar-refractivity contribution < 1.29 is 27.9 Å². The van der Waals surface area contributed by atoms with E-state index in [-0.39, 0.29) is 11.3 Å². The number of Topliss-reactive ketones (excluding diaryl/α,β-unsaturated/α-hetero) is 1. The number of carboxylic acids is 1. The van der Waals surface area contributed by atoms with Gasteiger partial charge >= 0.3 is 5.97 Å². The summed E-state index contributed by atoms with van der Waals surface area (Å²) in [6.45, 7) is 0. The van der Waals surface area contributed by atoms with E-state index in [2.05, 4.69) is 4.72 Å². The summed E-state index contributed by atoms with van der Waals surface area (Å²) in [7, 11) is -2.58. The molecule has 0 bridgehead atoms. The van der Waals surface area contributed by atoms with Gasteiger partial charge in [0.2, 0.25) is 10.0 Å². The van der Waals surface area contributed by atoms with E-state index < -0.39 is 40.3 Å². The molecule has 0 saturated carbocycles. The highest BCUT2D eigenvalue weighted by Gasteiger charge is 2.30. The first-order valence-corrected chi connectivity index (χ1v) is 9.92. The Labute approximate surface area is 163 Å². The Morgan fingerprint density at radius 2 is 1.71 bits per heavy atom. The molecule has 0 aliphatic rings. The Hall–Kier alpha value is -2.75. The van der Waals surface area contributed by atoms with Crippen LogP contribution in [0.5, 0.6) is 5.75 Å². The van der Waals surface area contributed by atoms with E-state index in [1.807, 2.05) is 0 Å². The molecule has 0 radical (unpaired) electrons. The van der Waals surface area contributed by atoms with Crippen LogP contribution >= 0.6 is 0 Å². The number of methoxy groups -OCH3 is 1. The number of hydrogen-bond acceptors (Lipinski definition) is 6. The largest absolute Gasteiger partial charge is 0.497 e. The molecule has 0 aliphatic heterocycles. The van der Waals surface area contributed by atoms with E-state index in [4.69, 9.17) is 15.6 Å². The van der Waals surface area contributed by atoms with Gasteiger partial charge in [-0.2, -0.15) is 0 Å². The van der Waals surface area contributed by atoms with Gasteiger partial charge in [0.25, 0.3) is 0 Å². The van der Waals surface area contributed by atoms with Crippen LogP contribution < -0.4 is 15.2 Å². The third kappa shape index (κ3) is 5.88. The molecule has 0 spiro atoms. The zero-order valence-corrected chi connectivity index (χ0v) is 16.1. The molecule has 0 saturated heterocycles. The fraction of sp³-hybridized carbons (Fsp3) is 0.263. The monoisotopic (exact) mass is 406 g/mol. The molecule has 0 aromatic heterocycles. The topological polar surface area (TPSA) is 136 Å². The molecule has 0 amide bonds. The second-order valence-electron chi connectivity index (χ2n) is 6.15. The molecule has 150 valence electrons. The van der Waals surface area contributed by atoms with Crippen molar-refractivity contribution in [2.45, 2.75) is 29.8 Å². The van der Waals surface area contributed by atoms with E-state index in [1.54, 1.807) is 30.3 Å². The summed E-state index contributed by atoms with van der Waals surface area (Å²) in [5, 5.41) is 8.88. The second-order valence-corrected chi connectivity index (χ2v) is 7.86. The Morgan fingerprint density at radius 1 is 1.11 bits per heavy atom. The molecule has 2 rings (SSSR count). The number of ether oxygens (including phenoxy) is 1. The molecule has 28 heavy (non-hydrogen) atoms. The summed E-state index contributed by atoms with van der Waals surface area (Å²) in [5.41, 5.74) is 6.40. The van der Waals surface area contributed by atoms with Gasteiger partial charge in [0, 0.05) is 0 Å². The SMILES string of the molecule is COc1ccc(S(=O)(=O)NC(Cc2ccccc2)C(=O)[C@@H](N)CC(=O)O)cc1. The van der Waals surface area contributed by atoms with Gasteiger partial charge in [-0.25, -0.2) is 13.1 Å². The van der Waals surface area contributed by atoms with Crippen LogP contribution in [0.1, 0.15) is 12.0 Å². The molecule has 2 aromatic rings. The number of benzene rings is 2. The number of hydrogen-bond donors (Lipinski definition) is 3. The van der Waals surface area contributed by atoms with Gasteiger partial charge < -0.3 is 15.6 Å². The van der Waals surface area contributed by atoms with E-state index >= 15 is 0 Å². The minimum atomic E-state index is -4.04. The maximum atomic E-state index is 12.7. The fourth-order valence-electron chi connectivity index (χ4n) is 2.61. The van der Waals surface area contributed by atoms with Crippen molar-refractivity contribution in [1.82, 2.24) is 4.72 Å². The van der Waals surface area contributed by atoms with Crippen LogP contribution in [0, 0.1) is 0 Å². The molecule has 2 aromatic carbocycles. The first-order valence-electron chi connectivity index (χ1n) is 8.44. The zero-order chi connectivity index (χ0) is 20.7. The van der Waals surface area contributed by atoms with Crippen molar-refractivity contribution in [1.29, 1.82) is 0 Å². The second kappa shape index (κ2) is 9.45. The average Bonchev–Trinajstić information content (AvgIpc) is 2.67. The van der Waals surface area contributed by atoms with Gasteiger partial charge in [-0.3, -0.25) is 9.59 Å². The molecule has 0 heterocycles. The van der Waals surface area contributed by atoms with Crippen molar-refractivity contribution in [3.8, 4) is 5.75 Å². The van der Waals surface area contributed by atoms with Crippen molar-refractivity contribution >= 4 is 21.8 Å². The van der Waals surface area contributed by atoms with Crippen LogP contribution in [0.4, 0.5) is 0 Å². The number of rotatable bonds is 10. The Balaban J connectivity index is 2.28. The van der Waals surface area contributed by atoms with Crippen LogP contribution in [-0.4, -0.2) is 44.5 Å². The van der Waals surface area contributed by atoms with E-state index in [0.717, 1.165) is 0 Å². The zero-order valence-electron chi connectivity index (χ0n) is 15.2. The summed E-state index contributed by atoms with van der Waals surface area (Å²) in [6.07, 6.45) is -0.545. The Kier molecular flexibility index (Phi) is 7.27. The highest BCUT2D eigenvalue weighted by Crippen LogP contribution is 2.17.